The predicted octanol–water partition coefficient (Wildman–Crippen LogP) is 5.06. The predicted molar refractivity (Wildman–Crippen MR) is 85.8 cm³/mol. The summed E-state index contributed by atoms with van der Waals surface area (Å²) in [5.74, 6) is 0.773. The van der Waals surface area contributed by atoms with Crippen molar-refractivity contribution in [2.75, 3.05) is 4.90 Å². The molecule has 0 amide bonds. The van der Waals surface area contributed by atoms with Crippen molar-refractivity contribution in [1.82, 2.24) is 9.97 Å². The van der Waals surface area contributed by atoms with Gasteiger partial charge in [0.15, 0.2) is 0 Å². The molecule has 1 aliphatic heterocycles. The molecule has 0 N–H and O–H groups in total. The standard InChI is InChI=1S/C16H10ClN3S/c17-15-9-16(19-10-18-15)20-11-5-1-3-7-13(11)21-14-8-4-2-6-12(14)20/h1-10H. The number of rotatable bonds is 1. The molecule has 0 bridgehead atoms. The summed E-state index contributed by atoms with van der Waals surface area (Å²) in [4.78, 5) is 12.9. The molecule has 3 aromatic rings. The summed E-state index contributed by atoms with van der Waals surface area (Å²) >= 11 is 7.80. The number of aromatic nitrogens is 2. The van der Waals surface area contributed by atoms with E-state index in [0.29, 0.717) is 5.15 Å². The molecule has 0 radical (unpaired) electrons. The smallest absolute Gasteiger partial charge is 0.142 e. The van der Waals surface area contributed by atoms with Crippen LogP contribution in [0.15, 0.2) is 70.7 Å². The molecule has 0 saturated carbocycles. The van der Waals surface area contributed by atoms with Gasteiger partial charge < -0.3 is 0 Å². The molecule has 0 unspecified atom stereocenters. The second-order valence-electron chi connectivity index (χ2n) is 4.57. The van der Waals surface area contributed by atoms with E-state index in [2.05, 4.69) is 39.1 Å². The van der Waals surface area contributed by atoms with Crippen molar-refractivity contribution in [3.63, 3.8) is 0 Å². The molecule has 3 nitrogen and oxygen atoms in total. The van der Waals surface area contributed by atoms with E-state index in [9.17, 15) is 0 Å². The number of anilines is 3. The van der Waals surface area contributed by atoms with Gasteiger partial charge in [-0.15, -0.1) is 0 Å². The molecule has 0 aliphatic carbocycles. The van der Waals surface area contributed by atoms with Crippen LogP contribution in [0.1, 0.15) is 0 Å². The molecule has 0 fully saturated rings. The van der Waals surface area contributed by atoms with Gasteiger partial charge in [0.25, 0.3) is 0 Å². The number of hydrogen-bond donors (Lipinski definition) is 0. The summed E-state index contributed by atoms with van der Waals surface area (Å²) in [5.41, 5.74) is 2.21. The highest BCUT2D eigenvalue weighted by Gasteiger charge is 2.25. The Morgan fingerprint density at radius 2 is 1.48 bits per heavy atom. The fourth-order valence-electron chi connectivity index (χ4n) is 2.40. The van der Waals surface area contributed by atoms with Crippen LogP contribution in [0.3, 0.4) is 0 Å². The Bertz CT molecular complexity index is 776. The van der Waals surface area contributed by atoms with Gasteiger partial charge in [-0.05, 0) is 24.3 Å². The van der Waals surface area contributed by atoms with Gasteiger partial charge in [-0.3, -0.25) is 4.90 Å². The maximum atomic E-state index is 6.04. The highest BCUT2D eigenvalue weighted by atomic mass is 35.5. The lowest BCUT2D eigenvalue weighted by atomic mass is 10.2. The van der Waals surface area contributed by atoms with Gasteiger partial charge in [-0.1, -0.05) is 47.6 Å². The van der Waals surface area contributed by atoms with E-state index in [0.717, 1.165) is 17.2 Å². The molecule has 1 aromatic heterocycles. The number of nitrogens with zero attached hydrogens (tertiary/aromatic N) is 3. The van der Waals surface area contributed by atoms with Crippen LogP contribution in [0.25, 0.3) is 0 Å². The fraction of sp³-hybridized carbons (Fsp3) is 0. The molecule has 21 heavy (non-hydrogen) atoms. The maximum absolute atomic E-state index is 6.04. The quantitative estimate of drug-likeness (QED) is 0.459. The van der Waals surface area contributed by atoms with Gasteiger partial charge >= 0.3 is 0 Å². The van der Waals surface area contributed by atoms with Crippen molar-refractivity contribution in [2.45, 2.75) is 9.79 Å². The largest absolute Gasteiger partial charge is 0.293 e. The molecule has 2 heterocycles. The summed E-state index contributed by atoms with van der Waals surface area (Å²) in [7, 11) is 0. The van der Waals surface area contributed by atoms with Crippen LogP contribution in [0.2, 0.25) is 5.15 Å². The first-order valence-electron chi connectivity index (χ1n) is 6.46. The van der Waals surface area contributed by atoms with Crippen molar-refractivity contribution in [3.05, 3.63) is 66.1 Å². The Kier molecular flexibility index (Phi) is 3.05. The third-order valence-electron chi connectivity index (χ3n) is 3.28. The zero-order valence-corrected chi connectivity index (χ0v) is 12.5. The zero-order chi connectivity index (χ0) is 14.2. The van der Waals surface area contributed by atoms with Gasteiger partial charge in [0.2, 0.25) is 0 Å². The summed E-state index contributed by atoms with van der Waals surface area (Å²) in [6.45, 7) is 0. The molecule has 2 aromatic carbocycles. The van der Waals surface area contributed by atoms with Crippen LogP contribution in [-0.2, 0) is 0 Å². The van der Waals surface area contributed by atoms with Gasteiger partial charge in [0.1, 0.15) is 17.3 Å². The van der Waals surface area contributed by atoms with Crippen LogP contribution in [-0.4, -0.2) is 9.97 Å². The minimum atomic E-state index is 0.438. The van der Waals surface area contributed by atoms with Gasteiger partial charge in [0.05, 0.1) is 11.4 Å². The third-order valence-corrected chi connectivity index (χ3v) is 4.62. The summed E-state index contributed by atoms with van der Waals surface area (Å²) in [6, 6.07) is 18.4. The Hall–Kier alpha value is -2.04. The van der Waals surface area contributed by atoms with Crippen LogP contribution < -0.4 is 4.90 Å². The minimum absolute atomic E-state index is 0.438. The zero-order valence-electron chi connectivity index (χ0n) is 10.9. The Morgan fingerprint density at radius 1 is 0.857 bits per heavy atom. The number of fused-ring (bicyclic) bond motifs is 2. The number of para-hydroxylation sites is 2. The maximum Gasteiger partial charge on any atom is 0.142 e. The first-order chi connectivity index (χ1) is 10.3. The molecule has 0 spiro atoms. The molecule has 4 rings (SSSR count). The van der Waals surface area contributed by atoms with E-state index in [1.807, 2.05) is 24.3 Å². The van der Waals surface area contributed by atoms with Crippen molar-refractivity contribution < 1.29 is 0 Å². The highest BCUT2D eigenvalue weighted by molar-refractivity contribution is 7.99. The molecule has 102 valence electrons. The van der Waals surface area contributed by atoms with Gasteiger partial charge in [-0.2, -0.15) is 0 Å². The SMILES string of the molecule is Clc1cc(N2c3ccccc3Sc3ccccc32)ncn1. The molecule has 5 heteroatoms. The van der Waals surface area contributed by atoms with E-state index in [-0.39, 0.29) is 0 Å². The average Bonchev–Trinajstić information content (AvgIpc) is 2.52. The van der Waals surface area contributed by atoms with Crippen molar-refractivity contribution in [1.29, 1.82) is 0 Å². The van der Waals surface area contributed by atoms with Gasteiger partial charge in [0, 0.05) is 15.9 Å². The third kappa shape index (κ3) is 2.17. The fourth-order valence-corrected chi connectivity index (χ4v) is 3.60. The monoisotopic (exact) mass is 311 g/mol. The van der Waals surface area contributed by atoms with E-state index in [1.165, 1.54) is 16.1 Å². The molecular formula is C16H10ClN3S. The molecule has 1 aliphatic rings. The second kappa shape index (κ2) is 5.06. The first-order valence-corrected chi connectivity index (χ1v) is 7.66. The summed E-state index contributed by atoms with van der Waals surface area (Å²) in [6.07, 6.45) is 1.49. The lowest BCUT2D eigenvalue weighted by molar-refractivity contribution is 1.08. The molecule has 0 atom stereocenters. The summed E-state index contributed by atoms with van der Waals surface area (Å²) in [5, 5.41) is 0.438. The normalized spacial score (nSPS) is 12.7. The van der Waals surface area contributed by atoms with Crippen molar-refractivity contribution in [2.24, 2.45) is 0 Å². The molecule has 0 saturated heterocycles. The lowest BCUT2D eigenvalue weighted by Crippen LogP contribution is -2.16. The van der Waals surface area contributed by atoms with Crippen LogP contribution in [0, 0.1) is 0 Å². The summed E-state index contributed by atoms with van der Waals surface area (Å²) < 4.78 is 0. The minimum Gasteiger partial charge on any atom is -0.293 e. The number of hydrogen-bond acceptors (Lipinski definition) is 4. The number of halogens is 1. The van der Waals surface area contributed by atoms with Gasteiger partial charge in [-0.25, -0.2) is 9.97 Å². The number of benzene rings is 2. The van der Waals surface area contributed by atoms with Crippen LogP contribution >= 0.6 is 23.4 Å². The van der Waals surface area contributed by atoms with Crippen molar-refractivity contribution in [3.8, 4) is 0 Å². The van der Waals surface area contributed by atoms with Crippen LogP contribution in [0.4, 0.5) is 17.2 Å². The lowest BCUT2D eigenvalue weighted by Gasteiger charge is -2.31. The van der Waals surface area contributed by atoms with Crippen LogP contribution in [0.5, 0.6) is 0 Å². The van der Waals surface area contributed by atoms with E-state index in [4.69, 9.17) is 11.6 Å². The van der Waals surface area contributed by atoms with Crippen molar-refractivity contribution >= 4 is 40.6 Å². The Balaban J connectivity index is 1.97. The van der Waals surface area contributed by atoms with E-state index < -0.39 is 0 Å². The molecular weight excluding hydrogens is 302 g/mol. The first kappa shape index (κ1) is 12.7. The average molecular weight is 312 g/mol. The van der Waals surface area contributed by atoms with E-state index in [1.54, 1.807) is 17.8 Å². The Labute approximate surface area is 131 Å². The Morgan fingerprint density at radius 3 is 2.10 bits per heavy atom. The highest BCUT2D eigenvalue weighted by Crippen LogP contribution is 2.50. The second-order valence-corrected chi connectivity index (χ2v) is 6.04. The topological polar surface area (TPSA) is 29.0 Å². The van der Waals surface area contributed by atoms with E-state index >= 15 is 0 Å².